The van der Waals surface area contributed by atoms with Crippen molar-refractivity contribution in [2.45, 2.75) is 6.92 Å². The number of benzene rings is 3. The highest BCUT2D eigenvalue weighted by molar-refractivity contribution is 6.05. The third-order valence-electron chi connectivity index (χ3n) is 5.16. The SMILES string of the molecule is Cc1ccc(C(=O)Nc2ccc(N3CCOCC3)cc2)cc1-c1ccc(F)cc1. The lowest BCUT2D eigenvalue weighted by Crippen LogP contribution is -2.36. The fourth-order valence-corrected chi connectivity index (χ4v) is 3.48. The van der Waals surface area contributed by atoms with Crippen LogP contribution in [0.15, 0.2) is 66.7 Å². The molecule has 0 aliphatic carbocycles. The number of hydrogen-bond acceptors (Lipinski definition) is 3. The third kappa shape index (κ3) is 4.46. The number of aryl methyl sites for hydroxylation is 1. The van der Waals surface area contributed by atoms with Crippen LogP contribution in [0.3, 0.4) is 0 Å². The Morgan fingerprint density at radius 1 is 0.966 bits per heavy atom. The van der Waals surface area contributed by atoms with Crippen LogP contribution in [0, 0.1) is 12.7 Å². The molecule has 4 nitrogen and oxygen atoms in total. The van der Waals surface area contributed by atoms with E-state index >= 15 is 0 Å². The van der Waals surface area contributed by atoms with Gasteiger partial charge in [-0.1, -0.05) is 18.2 Å². The van der Waals surface area contributed by atoms with Gasteiger partial charge in [0.1, 0.15) is 5.82 Å². The Morgan fingerprint density at radius 3 is 2.34 bits per heavy atom. The van der Waals surface area contributed by atoms with E-state index < -0.39 is 0 Å². The number of nitrogens with one attached hydrogen (secondary N) is 1. The molecule has 1 fully saturated rings. The van der Waals surface area contributed by atoms with Gasteiger partial charge in [-0.25, -0.2) is 4.39 Å². The van der Waals surface area contributed by atoms with E-state index in [0.29, 0.717) is 5.56 Å². The first-order valence-electron chi connectivity index (χ1n) is 9.71. The molecule has 0 radical (unpaired) electrons. The van der Waals surface area contributed by atoms with Crippen LogP contribution >= 0.6 is 0 Å². The number of halogens is 1. The topological polar surface area (TPSA) is 41.6 Å². The predicted molar refractivity (Wildman–Crippen MR) is 114 cm³/mol. The molecule has 1 heterocycles. The van der Waals surface area contributed by atoms with Crippen molar-refractivity contribution < 1.29 is 13.9 Å². The first-order chi connectivity index (χ1) is 14.1. The van der Waals surface area contributed by atoms with Gasteiger partial charge in [0.25, 0.3) is 5.91 Å². The van der Waals surface area contributed by atoms with Crippen molar-refractivity contribution in [1.29, 1.82) is 0 Å². The van der Waals surface area contributed by atoms with Crippen LogP contribution < -0.4 is 10.2 Å². The van der Waals surface area contributed by atoms with E-state index in [1.807, 2.05) is 43.3 Å². The molecule has 148 valence electrons. The van der Waals surface area contributed by atoms with Gasteiger partial charge in [-0.15, -0.1) is 0 Å². The first-order valence-corrected chi connectivity index (χ1v) is 9.71. The van der Waals surface area contributed by atoms with Gasteiger partial charge in [-0.05, 0) is 72.1 Å². The molecule has 1 saturated heterocycles. The van der Waals surface area contributed by atoms with E-state index in [0.717, 1.165) is 54.4 Å². The lowest BCUT2D eigenvalue weighted by atomic mass is 9.98. The molecule has 3 aromatic carbocycles. The first kappa shape index (κ1) is 19.2. The molecular formula is C24H23FN2O2. The summed E-state index contributed by atoms with van der Waals surface area (Å²) in [4.78, 5) is 15.0. The molecule has 0 spiro atoms. The maximum Gasteiger partial charge on any atom is 0.255 e. The molecule has 0 saturated carbocycles. The summed E-state index contributed by atoms with van der Waals surface area (Å²) in [6, 6.07) is 19.7. The summed E-state index contributed by atoms with van der Waals surface area (Å²) in [7, 11) is 0. The number of nitrogens with zero attached hydrogens (tertiary/aromatic N) is 1. The van der Waals surface area contributed by atoms with Crippen LogP contribution in [0.5, 0.6) is 0 Å². The monoisotopic (exact) mass is 390 g/mol. The molecule has 5 heteroatoms. The van der Waals surface area contributed by atoms with E-state index in [1.165, 1.54) is 12.1 Å². The van der Waals surface area contributed by atoms with Crippen molar-refractivity contribution in [3.8, 4) is 11.1 Å². The summed E-state index contributed by atoms with van der Waals surface area (Å²) >= 11 is 0. The number of amides is 1. The highest BCUT2D eigenvalue weighted by Gasteiger charge is 2.13. The minimum atomic E-state index is -0.277. The van der Waals surface area contributed by atoms with Crippen molar-refractivity contribution in [2.24, 2.45) is 0 Å². The molecule has 0 unspecified atom stereocenters. The van der Waals surface area contributed by atoms with Gasteiger partial charge in [-0.2, -0.15) is 0 Å². The summed E-state index contributed by atoms with van der Waals surface area (Å²) in [5.74, 6) is -0.451. The van der Waals surface area contributed by atoms with E-state index in [2.05, 4.69) is 10.2 Å². The molecule has 1 amide bonds. The Labute approximate surface area is 169 Å². The van der Waals surface area contributed by atoms with Gasteiger partial charge in [0, 0.05) is 30.0 Å². The molecule has 0 atom stereocenters. The Hall–Kier alpha value is -3.18. The van der Waals surface area contributed by atoms with E-state index in [4.69, 9.17) is 4.74 Å². The maximum absolute atomic E-state index is 13.2. The van der Waals surface area contributed by atoms with Crippen LogP contribution in [0.2, 0.25) is 0 Å². The second kappa shape index (κ2) is 8.45. The van der Waals surface area contributed by atoms with Crippen molar-refractivity contribution in [2.75, 3.05) is 36.5 Å². The van der Waals surface area contributed by atoms with Crippen molar-refractivity contribution in [1.82, 2.24) is 0 Å². The molecule has 29 heavy (non-hydrogen) atoms. The Bertz CT molecular complexity index is 994. The van der Waals surface area contributed by atoms with Crippen molar-refractivity contribution >= 4 is 17.3 Å². The van der Waals surface area contributed by atoms with Gasteiger partial charge < -0.3 is 15.0 Å². The number of hydrogen-bond donors (Lipinski definition) is 1. The minimum Gasteiger partial charge on any atom is -0.378 e. The Balaban J connectivity index is 1.49. The average molecular weight is 390 g/mol. The summed E-state index contributed by atoms with van der Waals surface area (Å²) in [5.41, 5.74) is 5.26. The lowest BCUT2D eigenvalue weighted by Gasteiger charge is -2.28. The number of ether oxygens (including phenoxy) is 1. The minimum absolute atomic E-state index is 0.174. The number of carbonyl (C=O) groups excluding carboxylic acids is 1. The largest absolute Gasteiger partial charge is 0.378 e. The predicted octanol–water partition coefficient (Wildman–Crippen LogP) is 4.89. The molecule has 1 aliphatic rings. The van der Waals surface area contributed by atoms with Gasteiger partial charge in [-0.3, -0.25) is 4.79 Å². The average Bonchev–Trinajstić information content (AvgIpc) is 2.76. The molecule has 0 bridgehead atoms. The zero-order chi connectivity index (χ0) is 20.2. The standard InChI is InChI=1S/C24H23FN2O2/c1-17-2-3-19(16-23(17)18-4-6-20(25)7-5-18)24(28)26-21-8-10-22(11-9-21)27-12-14-29-15-13-27/h2-11,16H,12-15H2,1H3,(H,26,28). The normalized spacial score (nSPS) is 13.9. The molecule has 1 N–H and O–H groups in total. The third-order valence-corrected chi connectivity index (χ3v) is 5.16. The molecule has 0 aromatic heterocycles. The number of rotatable bonds is 4. The van der Waals surface area contributed by atoms with E-state index in [-0.39, 0.29) is 11.7 Å². The van der Waals surface area contributed by atoms with E-state index in [1.54, 1.807) is 18.2 Å². The van der Waals surface area contributed by atoms with E-state index in [9.17, 15) is 9.18 Å². The number of carbonyl (C=O) groups is 1. The highest BCUT2D eigenvalue weighted by atomic mass is 19.1. The van der Waals surface area contributed by atoms with Gasteiger partial charge in [0.2, 0.25) is 0 Å². The van der Waals surface area contributed by atoms with Crippen LogP contribution in [-0.2, 0) is 4.74 Å². The summed E-state index contributed by atoms with van der Waals surface area (Å²) in [5, 5.41) is 2.95. The lowest BCUT2D eigenvalue weighted by molar-refractivity contribution is 0.102. The quantitative estimate of drug-likeness (QED) is 0.690. The summed E-state index contributed by atoms with van der Waals surface area (Å²) in [6.07, 6.45) is 0. The zero-order valence-corrected chi connectivity index (χ0v) is 16.3. The Kier molecular flexibility index (Phi) is 5.58. The number of anilines is 2. The van der Waals surface area contributed by atoms with Crippen LogP contribution in [-0.4, -0.2) is 32.2 Å². The van der Waals surface area contributed by atoms with Crippen molar-refractivity contribution in [3.63, 3.8) is 0 Å². The highest BCUT2D eigenvalue weighted by Crippen LogP contribution is 2.26. The molecule has 1 aliphatic heterocycles. The molecular weight excluding hydrogens is 367 g/mol. The van der Waals surface area contributed by atoms with Crippen LogP contribution in [0.4, 0.5) is 15.8 Å². The van der Waals surface area contributed by atoms with Crippen molar-refractivity contribution in [3.05, 3.63) is 83.7 Å². The second-order valence-electron chi connectivity index (χ2n) is 7.14. The van der Waals surface area contributed by atoms with Crippen LogP contribution in [0.1, 0.15) is 15.9 Å². The maximum atomic E-state index is 13.2. The van der Waals surface area contributed by atoms with Crippen LogP contribution in [0.25, 0.3) is 11.1 Å². The summed E-state index contributed by atoms with van der Waals surface area (Å²) < 4.78 is 18.6. The smallest absolute Gasteiger partial charge is 0.255 e. The van der Waals surface area contributed by atoms with Gasteiger partial charge >= 0.3 is 0 Å². The Morgan fingerprint density at radius 2 is 1.66 bits per heavy atom. The van der Waals surface area contributed by atoms with Gasteiger partial charge in [0.15, 0.2) is 0 Å². The molecule has 3 aromatic rings. The van der Waals surface area contributed by atoms with Gasteiger partial charge in [0.05, 0.1) is 13.2 Å². The summed E-state index contributed by atoms with van der Waals surface area (Å²) in [6.45, 7) is 5.21. The molecule has 4 rings (SSSR count). The zero-order valence-electron chi connectivity index (χ0n) is 16.3. The number of morpholine rings is 1. The fourth-order valence-electron chi connectivity index (χ4n) is 3.48. The second-order valence-corrected chi connectivity index (χ2v) is 7.14. The fraction of sp³-hybridized carbons (Fsp3) is 0.208.